The Balaban J connectivity index is 3.07. The van der Waals surface area contributed by atoms with Crippen molar-refractivity contribution in [3.63, 3.8) is 0 Å². The van der Waals surface area contributed by atoms with E-state index in [1.54, 1.807) is 6.92 Å². The summed E-state index contributed by atoms with van der Waals surface area (Å²) in [5.74, 6) is -0.463. The number of hydrogen-bond acceptors (Lipinski definition) is 6. The molecule has 0 N–H and O–H groups in total. The minimum Gasteiger partial charge on any atom is -0.435 e. The Morgan fingerprint density at radius 1 is 1.03 bits per heavy atom. The third kappa shape index (κ3) is 6.99. The number of esters is 1. The van der Waals surface area contributed by atoms with Crippen LogP contribution >= 0.6 is 0 Å². The molecule has 6 nitrogen and oxygen atoms in total. The summed E-state index contributed by atoms with van der Waals surface area (Å²) in [5.41, 5.74) is 0. The highest BCUT2D eigenvalue weighted by Gasteiger charge is 2.48. The maximum atomic E-state index is 13.0. The second kappa shape index (κ2) is 9.30. The molecule has 1 heterocycles. The van der Waals surface area contributed by atoms with E-state index in [0.29, 0.717) is 0 Å². The summed E-state index contributed by atoms with van der Waals surface area (Å²) in [4.78, 5) is 24.7. The van der Waals surface area contributed by atoms with Crippen LogP contribution in [-0.4, -0.2) is 53.5 Å². The average molecular weight is 447 g/mol. The molecule has 0 saturated carbocycles. The van der Waals surface area contributed by atoms with Gasteiger partial charge in [0.15, 0.2) is 22.4 Å². The van der Waals surface area contributed by atoms with Gasteiger partial charge >= 0.3 is 5.97 Å². The number of carbonyl (C=O) groups excluding carboxylic acids is 2. The lowest BCUT2D eigenvalue weighted by molar-refractivity contribution is -0.220. The Bertz CT molecular complexity index is 589. The summed E-state index contributed by atoms with van der Waals surface area (Å²) in [5, 5.41) is -0.000813. The van der Waals surface area contributed by atoms with Gasteiger partial charge in [0.25, 0.3) is 0 Å². The molecule has 0 radical (unpaired) electrons. The summed E-state index contributed by atoms with van der Waals surface area (Å²) in [7, 11) is -4.24. The largest absolute Gasteiger partial charge is 0.435 e. The molecule has 0 aliphatic carbocycles. The molecule has 1 fully saturated rings. The van der Waals surface area contributed by atoms with Crippen molar-refractivity contribution in [1.82, 2.24) is 0 Å². The topological polar surface area (TPSA) is 71.1 Å². The van der Waals surface area contributed by atoms with E-state index in [1.165, 1.54) is 0 Å². The predicted octanol–water partition coefficient (Wildman–Crippen LogP) is 5.04. The Morgan fingerprint density at radius 2 is 1.55 bits per heavy atom. The van der Waals surface area contributed by atoms with E-state index in [2.05, 4.69) is 67.7 Å². The molecule has 0 amide bonds. The summed E-state index contributed by atoms with van der Waals surface area (Å²) in [6, 6.07) is 0. The van der Waals surface area contributed by atoms with Gasteiger partial charge in [0.2, 0.25) is 6.29 Å². The number of carbonyl (C=O) groups is 2. The van der Waals surface area contributed by atoms with Crippen molar-refractivity contribution >= 4 is 28.4 Å². The molecule has 1 rings (SSSR count). The van der Waals surface area contributed by atoms with E-state index in [9.17, 15) is 9.59 Å². The minimum atomic E-state index is -2.20. The monoisotopic (exact) mass is 446 g/mol. The Labute approximate surface area is 179 Å². The molecule has 3 atom stereocenters. The van der Waals surface area contributed by atoms with E-state index in [-0.39, 0.29) is 41.3 Å². The van der Waals surface area contributed by atoms with E-state index in [0.717, 1.165) is 0 Å². The zero-order valence-electron chi connectivity index (χ0n) is 20.3. The first-order valence-electron chi connectivity index (χ1n) is 10.6. The first-order valence-corrected chi connectivity index (χ1v) is 16.4. The van der Waals surface area contributed by atoms with Gasteiger partial charge < -0.3 is 18.3 Å². The van der Waals surface area contributed by atoms with Crippen LogP contribution in [0.3, 0.4) is 0 Å². The lowest BCUT2D eigenvalue weighted by Crippen LogP contribution is -2.57. The van der Waals surface area contributed by atoms with Gasteiger partial charge in [-0.15, -0.1) is 0 Å². The SMILES string of the molecule is CCC(=O)O[C@H]1CC(=O)[C@H](O[Si](C)(C)C(C)(C)C)[C@@H](CO[Si](C)(C)C(C)(C)C)O1. The Kier molecular flexibility index (Phi) is 8.49. The first kappa shape index (κ1) is 26.5. The minimum absolute atomic E-state index is 0.0155. The highest BCUT2D eigenvalue weighted by atomic mass is 28.4. The maximum Gasteiger partial charge on any atom is 0.307 e. The van der Waals surface area contributed by atoms with Crippen LogP contribution in [0.4, 0.5) is 0 Å². The molecule has 29 heavy (non-hydrogen) atoms. The van der Waals surface area contributed by atoms with Gasteiger partial charge in [0.05, 0.1) is 13.0 Å². The fraction of sp³-hybridized carbons (Fsp3) is 0.905. The third-order valence-corrected chi connectivity index (χ3v) is 15.5. The molecule has 0 aromatic carbocycles. The quantitative estimate of drug-likeness (QED) is 0.403. The van der Waals surface area contributed by atoms with E-state index in [4.69, 9.17) is 18.3 Å². The molecule has 1 aliphatic rings. The number of hydrogen-bond donors (Lipinski definition) is 0. The van der Waals surface area contributed by atoms with E-state index >= 15 is 0 Å². The highest BCUT2D eigenvalue weighted by Crippen LogP contribution is 2.40. The molecule has 8 heteroatoms. The lowest BCUT2D eigenvalue weighted by Gasteiger charge is -2.44. The molecule has 0 aromatic heterocycles. The number of ketones is 1. The molecule has 0 spiro atoms. The molecular weight excluding hydrogens is 404 g/mol. The van der Waals surface area contributed by atoms with Crippen LogP contribution in [0.15, 0.2) is 0 Å². The zero-order chi connectivity index (χ0) is 22.8. The molecule has 1 saturated heterocycles. The van der Waals surface area contributed by atoms with Crippen LogP contribution in [-0.2, 0) is 27.9 Å². The standard InChI is InChI=1S/C21H42O6Si2/c1-12-17(23)26-18-13-15(22)19(27-29(10,11)21(5,6)7)16(25-18)14-24-28(8,9)20(2,3)4/h16,18-19H,12-14H2,1-11H3/t16-,18+,19+/m1/s1. The summed E-state index contributed by atoms with van der Waals surface area (Å²) < 4.78 is 24.2. The van der Waals surface area contributed by atoms with Crippen LogP contribution in [0, 0.1) is 0 Å². The van der Waals surface area contributed by atoms with Crippen LogP contribution in [0.25, 0.3) is 0 Å². The maximum absolute atomic E-state index is 13.0. The van der Waals surface area contributed by atoms with Crippen molar-refractivity contribution in [2.45, 2.75) is 116 Å². The van der Waals surface area contributed by atoms with Gasteiger partial charge in [-0.2, -0.15) is 0 Å². The second-order valence-electron chi connectivity index (χ2n) is 11.0. The zero-order valence-corrected chi connectivity index (χ0v) is 22.3. The molecule has 0 unspecified atom stereocenters. The van der Waals surface area contributed by atoms with Crippen molar-refractivity contribution < 1.29 is 27.9 Å². The summed E-state index contributed by atoms with van der Waals surface area (Å²) >= 11 is 0. The Morgan fingerprint density at radius 3 is 2.00 bits per heavy atom. The van der Waals surface area contributed by atoms with Crippen molar-refractivity contribution in [3.8, 4) is 0 Å². The van der Waals surface area contributed by atoms with Crippen molar-refractivity contribution in [1.29, 1.82) is 0 Å². The average Bonchev–Trinajstić information content (AvgIpc) is 2.53. The van der Waals surface area contributed by atoms with E-state index < -0.39 is 35.1 Å². The van der Waals surface area contributed by atoms with Crippen LogP contribution in [0.1, 0.15) is 61.3 Å². The van der Waals surface area contributed by atoms with Gasteiger partial charge in [-0.1, -0.05) is 48.5 Å². The van der Waals surface area contributed by atoms with Gasteiger partial charge in [-0.05, 0) is 36.3 Å². The van der Waals surface area contributed by atoms with Crippen LogP contribution in [0.5, 0.6) is 0 Å². The van der Waals surface area contributed by atoms with Gasteiger partial charge in [-0.3, -0.25) is 9.59 Å². The van der Waals surface area contributed by atoms with Gasteiger partial charge in [-0.25, -0.2) is 0 Å². The molecule has 170 valence electrons. The number of Topliss-reactive ketones (excluding diaryl/α,β-unsaturated/α-hetero) is 1. The molecule has 0 bridgehead atoms. The summed E-state index contributed by atoms with van der Waals surface area (Å²) in [6.07, 6.45) is -1.90. The fourth-order valence-corrected chi connectivity index (χ4v) is 4.66. The third-order valence-electron chi connectivity index (χ3n) is 6.54. The van der Waals surface area contributed by atoms with Crippen LogP contribution < -0.4 is 0 Å². The smallest absolute Gasteiger partial charge is 0.307 e. The van der Waals surface area contributed by atoms with Crippen molar-refractivity contribution in [2.75, 3.05) is 6.61 Å². The predicted molar refractivity (Wildman–Crippen MR) is 120 cm³/mol. The lowest BCUT2D eigenvalue weighted by atomic mass is 10.0. The van der Waals surface area contributed by atoms with Gasteiger partial charge in [0, 0.05) is 6.42 Å². The molecule has 1 aliphatic heterocycles. The van der Waals surface area contributed by atoms with Crippen molar-refractivity contribution in [3.05, 3.63) is 0 Å². The highest BCUT2D eigenvalue weighted by molar-refractivity contribution is 6.74. The fourth-order valence-electron chi connectivity index (χ4n) is 2.37. The number of rotatable bonds is 7. The molecule has 0 aromatic rings. The van der Waals surface area contributed by atoms with E-state index in [1.807, 2.05) is 0 Å². The van der Waals surface area contributed by atoms with Gasteiger partial charge in [0.1, 0.15) is 12.2 Å². The normalized spacial score (nSPS) is 24.5. The Hall–Kier alpha value is -0.546. The van der Waals surface area contributed by atoms with Crippen molar-refractivity contribution in [2.24, 2.45) is 0 Å². The second-order valence-corrected chi connectivity index (χ2v) is 20.6. The molecular formula is C21H42O6Si2. The summed E-state index contributed by atoms with van der Waals surface area (Å²) in [6.45, 7) is 23.5. The number of ether oxygens (including phenoxy) is 2. The van der Waals surface area contributed by atoms with Crippen LogP contribution in [0.2, 0.25) is 36.3 Å². The first-order chi connectivity index (χ1) is 12.9.